The van der Waals surface area contributed by atoms with Crippen molar-refractivity contribution in [2.75, 3.05) is 13.1 Å². The second-order valence-corrected chi connectivity index (χ2v) is 2.90. The SMILES string of the molecule is FC(F)(F)CNCCc1cccnc1. The predicted molar refractivity (Wildman–Crippen MR) is 46.9 cm³/mol. The van der Waals surface area contributed by atoms with Crippen LogP contribution in [0.15, 0.2) is 24.5 Å². The lowest BCUT2D eigenvalue weighted by Crippen LogP contribution is -2.30. The van der Waals surface area contributed by atoms with Gasteiger partial charge in [0.05, 0.1) is 6.54 Å². The number of nitrogens with zero attached hydrogens (tertiary/aromatic N) is 1. The molecule has 0 aliphatic rings. The largest absolute Gasteiger partial charge is 0.401 e. The zero-order chi connectivity index (χ0) is 10.4. The van der Waals surface area contributed by atoms with Crippen molar-refractivity contribution in [3.05, 3.63) is 30.1 Å². The number of rotatable bonds is 4. The number of halogens is 3. The average molecular weight is 204 g/mol. The van der Waals surface area contributed by atoms with E-state index in [2.05, 4.69) is 10.3 Å². The molecule has 0 aliphatic carbocycles. The highest BCUT2D eigenvalue weighted by Gasteiger charge is 2.25. The molecule has 0 radical (unpaired) electrons. The van der Waals surface area contributed by atoms with Gasteiger partial charge in [-0.1, -0.05) is 6.07 Å². The summed E-state index contributed by atoms with van der Waals surface area (Å²) in [4.78, 5) is 3.86. The van der Waals surface area contributed by atoms with Crippen LogP contribution in [0.2, 0.25) is 0 Å². The molecule has 14 heavy (non-hydrogen) atoms. The van der Waals surface area contributed by atoms with E-state index in [1.807, 2.05) is 6.07 Å². The molecule has 2 nitrogen and oxygen atoms in total. The van der Waals surface area contributed by atoms with Gasteiger partial charge in [0.15, 0.2) is 0 Å². The number of nitrogens with one attached hydrogen (secondary N) is 1. The molecule has 1 heterocycles. The highest BCUT2D eigenvalue weighted by atomic mass is 19.4. The fourth-order valence-corrected chi connectivity index (χ4v) is 1.01. The molecule has 0 saturated carbocycles. The molecule has 1 rings (SSSR count). The van der Waals surface area contributed by atoms with Gasteiger partial charge in [-0.3, -0.25) is 4.98 Å². The predicted octanol–water partition coefficient (Wildman–Crippen LogP) is 1.78. The van der Waals surface area contributed by atoms with E-state index >= 15 is 0 Å². The van der Waals surface area contributed by atoms with Crippen molar-refractivity contribution >= 4 is 0 Å². The highest BCUT2D eigenvalue weighted by molar-refractivity contribution is 5.08. The van der Waals surface area contributed by atoms with Crippen molar-refractivity contribution in [2.24, 2.45) is 0 Å². The summed E-state index contributed by atoms with van der Waals surface area (Å²) in [7, 11) is 0. The van der Waals surface area contributed by atoms with E-state index in [1.54, 1.807) is 18.5 Å². The first-order chi connectivity index (χ1) is 6.58. The van der Waals surface area contributed by atoms with Crippen LogP contribution in [0.25, 0.3) is 0 Å². The monoisotopic (exact) mass is 204 g/mol. The minimum absolute atomic E-state index is 0.311. The van der Waals surface area contributed by atoms with Crippen LogP contribution in [-0.2, 0) is 6.42 Å². The fourth-order valence-electron chi connectivity index (χ4n) is 1.01. The summed E-state index contributed by atoms with van der Waals surface area (Å²) in [5.41, 5.74) is 0.933. The summed E-state index contributed by atoms with van der Waals surface area (Å²) in [6, 6.07) is 3.60. The molecule has 0 fully saturated rings. The van der Waals surface area contributed by atoms with Crippen molar-refractivity contribution in [3.63, 3.8) is 0 Å². The number of aromatic nitrogens is 1. The summed E-state index contributed by atoms with van der Waals surface area (Å²) in [6.07, 6.45) is -0.291. The maximum Gasteiger partial charge on any atom is 0.401 e. The first kappa shape index (κ1) is 11.0. The zero-order valence-electron chi connectivity index (χ0n) is 7.51. The molecular weight excluding hydrogens is 193 g/mol. The van der Waals surface area contributed by atoms with E-state index in [-0.39, 0.29) is 0 Å². The van der Waals surface area contributed by atoms with Gasteiger partial charge in [-0.05, 0) is 24.6 Å². The molecule has 1 aromatic rings. The van der Waals surface area contributed by atoms with Crippen molar-refractivity contribution < 1.29 is 13.2 Å². The Morgan fingerprint density at radius 2 is 2.14 bits per heavy atom. The Kier molecular flexibility index (Phi) is 3.88. The van der Waals surface area contributed by atoms with Crippen molar-refractivity contribution in [1.29, 1.82) is 0 Å². The molecule has 0 aromatic carbocycles. The Morgan fingerprint density at radius 1 is 1.36 bits per heavy atom. The normalized spacial score (nSPS) is 11.6. The number of hydrogen-bond donors (Lipinski definition) is 1. The molecule has 0 aliphatic heterocycles. The Bertz CT molecular complexity index is 259. The molecule has 0 amide bonds. The Hall–Kier alpha value is -1.10. The molecule has 0 spiro atoms. The van der Waals surface area contributed by atoms with E-state index in [0.29, 0.717) is 13.0 Å². The van der Waals surface area contributed by atoms with Crippen LogP contribution in [0, 0.1) is 0 Å². The van der Waals surface area contributed by atoms with Crippen LogP contribution >= 0.6 is 0 Å². The van der Waals surface area contributed by atoms with Gasteiger partial charge in [-0.2, -0.15) is 13.2 Å². The topological polar surface area (TPSA) is 24.9 Å². The molecule has 0 saturated heterocycles. The summed E-state index contributed by atoms with van der Waals surface area (Å²) >= 11 is 0. The molecule has 1 N–H and O–H groups in total. The van der Waals surface area contributed by atoms with E-state index < -0.39 is 12.7 Å². The van der Waals surface area contributed by atoms with Crippen molar-refractivity contribution in [2.45, 2.75) is 12.6 Å². The maximum absolute atomic E-state index is 11.7. The summed E-state index contributed by atoms with van der Waals surface area (Å²) in [6.45, 7) is -0.627. The van der Waals surface area contributed by atoms with Gasteiger partial charge in [-0.15, -0.1) is 0 Å². The third kappa shape index (κ3) is 4.81. The lowest BCUT2D eigenvalue weighted by Gasteiger charge is -2.07. The maximum atomic E-state index is 11.7. The smallest absolute Gasteiger partial charge is 0.308 e. The van der Waals surface area contributed by atoms with Gasteiger partial charge in [0.25, 0.3) is 0 Å². The molecule has 1 aromatic heterocycles. The quantitative estimate of drug-likeness (QED) is 0.756. The van der Waals surface area contributed by atoms with Crippen molar-refractivity contribution in [1.82, 2.24) is 10.3 Å². The van der Waals surface area contributed by atoms with Crippen LogP contribution in [-0.4, -0.2) is 24.2 Å². The van der Waals surface area contributed by atoms with Gasteiger partial charge in [-0.25, -0.2) is 0 Å². The number of alkyl halides is 3. The molecule has 0 atom stereocenters. The minimum Gasteiger partial charge on any atom is -0.308 e. The number of hydrogen-bond acceptors (Lipinski definition) is 2. The van der Waals surface area contributed by atoms with E-state index in [1.165, 1.54) is 0 Å². The van der Waals surface area contributed by atoms with Gasteiger partial charge in [0, 0.05) is 12.4 Å². The van der Waals surface area contributed by atoms with E-state index in [9.17, 15) is 13.2 Å². The van der Waals surface area contributed by atoms with Crippen LogP contribution < -0.4 is 5.32 Å². The Balaban J connectivity index is 2.17. The van der Waals surface area contributed by atoms with Crippen LogP contribution in [0.4, 0.5) is 13.2 Å². The second-order valence-electron chi connectivity index (χ2n) is 2.90. The molecule has 5 heteroatoms. The average Bonchev–Trinajstić information content (AvgIpc) is 2.13. The molecular formula is C9H11F3N2. The minimum atomic E-state index is -4.13. The lowest BCUT2D eigenvalue weighted by atomic mass is 10.2. The standard InChI is InChI=1S/C9H11F3N2/c10-9(11,12)7-14-5-3-8-2-1-4-13-6-8/h1-2,4,6,14H,3,5,7H2. The third-order valence-electron chi connectivity index (χ3n) is 1.64. The molecule has 78 valence electrons. The number of pyridine rings is 1. The molecule has 0 unspecified atom stereocenters. The summed E-state index contributed by atoms with van der Waals surface area (Å²) < 4.78 is 35.1. The van der Waals surface area contributed by atoms with E-state index in [4.69, 9.17) is 0 Å². The third-order valence-corrected chi connectivity index (χ3v) is 1.64. The van der Waals surface area contributed by atoms with Crippen LogP contribution in [0.5, 0.6) is 0 Å². The highest BCUT2D eigenvalue weighted by Crippen LogP contribution is 2.11. The lowest BCUT2D eigenvalue weighted by molar-refractivity contribution is -0.124. The first-order valence-corrected chi connectivity index (χ1v) is 4.24. The second kappa shape index (κ2) is 4.95. The van der Waals surface area contributed by atoms with Gasteiger partial charge in [0.1, 0.15) is 0 Å². The van der Waals surface area contributed by atoms with Gasteiger partial charge < -0.3 is 5.32 Å². The Morgan fingerprint density at radius 3 is 2.71 bits per heavy atom. The fraction of sp³-hybridized carbons (Fsp3) is 0.444. The van der Waals surface area contributed by atoms with Crippen LogP contribution in [0.3, 0.4) is 0 Å². The summed E-state index contributed by atoms with van der Waals surface area (Å²) in [5.74, 6) is 0. The van der Waals surface area contributed by atoms with Gasteiger partial charge in [0.2, 0.25) is 0 Å². The Labute approximate surface area is 80.2 Å². The molecule has 0 bridgehead atoms. The van der Waals surface area contributed by atoms with Crippen molar-refractivity contribution in [3.8, 4) is 0 Å². The van der Waals surface area contributed by atoms with E-state index in [0.717, 1.165) is 5.56 Å². The van der Waals surface area contributed by atoms with Crippen LogP contribution in [0.1, 0.15) is 5.56 Å². The summed E-state index contributed by atoms with van der Waals surface area (Å²) in [5, 5.41) is 2.32. The first-order valence-electron chi connectivity index (χ1n) is 4.24. The zero-order valence-corrected chi connectivity index (χ0v) is 7.51. The van der Waals surface area contributed by atoms with Gasteiger partial charge >= 0.3 is 6.18 Å².